The van der Waals surface area contributed by atoms with E-state index in [4.69, 9.17) is 10.5 Å². The number of carbonyl (C=O) groups excluding carboxylic acids is 1. The summed E-state index contributed by atoms with van der Waals surface area (Å²) in [5.41, 5.74) is 4.36. The predicted octanol–water partition coefficient (Wildman–Crippen LogP) is 0.223. The van der Waals surface area contributed by atoms with E-state index in [9.17, 15) is 9.90 Å². The van der Waals surface area contributed by atoms with Gasteiger partial charge in [0.2, 0.25) is 0 Å². The van der Waals surface area contributed by atoms with Gasteiger partial charge in [-0.3, -0.25) is 0 Å². The van der Waals surface area contributed by atoms with Crippen LogP contribution in [0.4, 0.5) is 0 Å². The summed E-state index contributed by atoms with van der Waals surface area (Å²) in [7, 11) is 0. The molecule has 0 aromatic heterocycles. The molecule has 0 aliphatic carbocycles. The van der Waals surface area contributed by atoms with Crippen molar-refractivity contribution in [2.24, 2.45) is 11.1 Å². The lowest BCUT2D eigenvalue weighted by molar-refractivity contribution is -0.126. The quantitative estimate of drug-likeness (QED) is 0.655. The number of fused-ring (bicyclic) bond motifs is 2. The van der Waals surface area contributed by atoms with Crippen LogP contribution < -0.4 is 5.73 Å². The highest BCUT2D eigenvalue weighted by molar-refractivity contribution is 5.52. The number of carbonyl (C=O) groups is 1. The standard InChI is InChI=1S/C11H19NO3/c1-10(14,4-5-13)11(7-12)6-8-2-3-9(11)15-8/h5,8-9,14H,2-4,6-7,12H2,1H3. The molecule has 0 aromatic carbocycles. The van der Waals surface area contributed by atoms with Crippen molar-refractivity contribution in [2.45, 2.75) is 50.4 Å². The van der Waals surface area contributed by atoms with Gasteiger partial charge in [0.25, 0.3) is 0 Å². The van der Waals surface area contributed by atoms with Crippen LogP contribution in [-0.4, -0.2) is 35.7 Å². The largest absolute Gasteiger partial charge is 0.389 e. The van der Waals surface area contributed by atoms with E-state index in [1.165, 1.54) is 0 Å². The number of hydrogen-bond acceptors (Lipinski definition) is 4. The fourth-order valence-corrected chi connectivity index (χ4v) is 3.17. The molecule has 2 aliphatic rings. The lowest BCUT2D eigenvalue weighted by Gasteiger charge is -2.45. The van der Waals surface area contributed by atoms with Crippen molar-refractivity contribution in [2.75, 3.05) is 6.54 Å². The molecule has 4 unspecified atom stereocenters. The maximum absolute atomic E-state index is 10.6. The molecule has 4 atom stereocenters. The summed E-state index contributed by atoms with van der Waals surface area (Å²) in [5, 5.41) is 10.4. The Morgan fingerprint density at radius 3 is 2.80 bits per heavy atom. The van der Waals surface area contributed by atoms with Gasteiger partial charge >= 0.3 is 0 Å². The second kappa shape index (κ2) is 3.54. The Hall–Kier alpha value is -0.450. The van der Waals surface area contributed by atoms with Gasteiger partial charge in [-0.2, -0.15) is 0 Å². The van der Waals surface area contributed by atoms with E-state index in [0.29, 0.717) is 6.54 Å². The third kappa shape index (κ3) is 1.43. The van der Waals surface area contributed by atoms with Gasteiger partial charge in [0.05, 0.1) is 17.8 Å². The fraction of sp³-hybridized carbons (Fsp3) is 0.909. The highest BCUT2D eigenvalue weighted by atomic mass is 16.5. The Morgan fingerprint density at radius 1 is 1.67 bits per heavy atom. The van der Waals surface area contributed by atoms with E-state index in [-0.39, 0.29) is 18.6 Å². The predicted molar refractivity (Wildman–Crippen MR) is 55.3 cm³/mol. The first kappa shape index (κ1) is 11.0. The SMILES string of the molecule is CC(O)(CC=O)C1(CN)CC2CCC1O2. The lowest BCUT2D eigenvalue weighted by Crippen LogP contribution is -2.56. The minimum Gasteiger partial charge on any atom is -0.389 e. The van der Waals surface area contributed by atoms with Crippen LogP contribution in [0.3, 0.4) is 0 Å². The van der Waals surface area contributed by atoms with Crippen LogP contribution in [0.25, 0.3) is 0 Å². The summed E-state index contributed by atoms with van der Waals surface area (Å²) >= 11 is 0. The summed E-state index contributed by atoms with van der Waals surface area (Å²) in [6.45, 7) is 2.09. The number of ether oxygens (including phenoxy) is 1. The first-order chi connectivity index (χ1) is 7.05. The Morgan fingerprint density at radius 2 is 2.40 bits per heavy atom. The molecule has 4 heteroatoms. The number of nitrogens with two attached hydrogens (primary N) is 1. The van der Waals surface area contributed by atoms with Crippen molar-refractivity contribution in [3.63, 3.8) is 0 Å². The minimum absolute atomic E-state index is 0.0300. The van der Waals surface area contributed by atoms with Gasteiger partial charge < -0.3 is 20.4 Å². The Balaban J connectivity index is 2.25. The van der Waals surface area contributed by atoms with Crippen molar-refractivity contribution < 1.29 is 14.6 Å². The van der Waals surface area contributed by atoms with Crippen molar-refractivity contribution in [1.82, 2.24) is 0 Å². The van der Waals surface area contributed by atoms with Gasteiger partial charge in [-0.25, -0.2) is 0 Å². The molecule has 3 N–H and O–H groups in total. The number of aliphatic hydroxyl groups is 1. The third-order valence-corrected chi connectivity index (χ3v) is 4.23. The molecule has 4 nitrogen and oxygen atoms in total. The second-order valence-electron chi connectivity index (χ2n) is 5.03. The van der Waals surface area contributed by atoms with E-state index in [1.807, 2.05) is 0 Å². The average molecular weight is 213 g/mol. The molecule has 0 amide bonds. The zero-order valence-electron chi connectivity index (χ0n) is 9.11. The van der Waals surface area contributed by atoms with E-state index in [2.05, 4.69) is 0 Å². The van der Waals surface area contributed by atoms with Gasteiger partial charge in [0.1, 0.15) is 6.29 Å². The van der Waals surface area contributed by atoms with Gasteiger partial charge in [0.15, 0.2) is 0 Å². The normalized spacial score (nSPS) is 42.9. The summed E-state index contributed by atoms with van der Waals surface area (Å²) < 4.78 is 5.76. The topological polar surface area (TPSA) is 72.5 Å². The molecular weight excluding hydrogens is 194 g/mol. The molecule has 2 aliphatic heterocycles. The Bertz CT molecular complexity index is 267. The maximum atomic E-state index is 10.6. The number of hydrogen-bond donors (Lipinski definition) is 2. The summed E-state index contributed by atoms with van der Waals surface area (Å²) in [5.74, 6) is 0. The smallest absolute Gasteiger partial charge is 0.122 e. The van der Waals surface area contributed by atoms with Crippen molar-refractivity contribution >= 4 is 6.29 Å². The molecule has 15 heavy (non-hydrogen) atoms. The summed E-state index contributed by atoms with van der Waals surface area (Å²) in [6, 6.07) is 0. The molecule has 2 saturated heterocycles. The molecule has 2 fully saturated rings. The molecule has 0 spiro atoms. The van der Waals surface area contributed by atoms with Gasteiger partial charge in [-0.1, -0.05) is 0 Å². The monoisotopic (exact) mass is 213 g/mol. The van der Waals surface area contributed by atoms with Gasteiger partial charge in [0, 0.05) is 18.4 Å². The average Bonchev–Trinajstić information content (AvgIpc) is 2.76. The first-order valence-electron chi connectivity index (χ1n) is 5.57. The second-order valence-corrected chi connectivity index (χ2v) is 5.03. The maximum Gasteiger partial charge on any atom is 0.122 e. The molecule has 2 rings (SSSR count). The zero-order valence-corrected chi connectivity index (χ0v) is 9.11. The molecule has 86 valence electrons. The molecule has 0 saturated carbocycles. The molecular formula is C11H19NO3. The van der Waals surface area contributed by atoms with E-state index in [1.54, 1.807) is 6.92 Å². The van der Waals surface area contributed by atoms with E-state index < -0.39 is 11.0 Å². The van der Waals surface area contributed by atoms with E-state index >= 15 is 0 Å². The van der Waals surface area contributed by atoms with Gasteiger partial charge in [-0.05, 0) is 26.2 Å². The highest BCUT2D eigenvalue weighted by Gasteiger charge is 2.59. The van der Waals surface area contributed by atoms with Crippen molar-refractivity contribution in [1.29, 1.82) is 0 Å². The van der Waals surface area contributed by atoms with Crippen LogP contribution in [0.2, 0.25) is 0 Å². The van der Waals surface area contributed by atoms with Crippen molar-refractivity contribution in [3.8, 4) is 0 Å². The minimum atomic E-state index is -1.04. The van der Waals surface area contributed by atoms with Crippen molar-refractivity contribution in [3.05, 3.63) is 0 Å². The first-order valence-corrected chi connectivity index (χ1v) is 5.57. The molecule has 0 aromatic rings. The fourth-order valence-electron chi connectivity index (χ4n) is 3.17. The molecule has 2 bridgehead atoms. The summed E-state index contributed by atoms with van der Waals surface area (Å²) in [6.07, 6.45) is 3.97. The van der Waals surface area contributed by atoms with Gasteiger partial charge in [-0.15, -0.1) is 0 Å². The summed E-state index contributed by atoms with van der Waals surface area (Å²) in [4.78, 5) is 10.6. The molecule has 0 radical (unpaired) electrons. The highest BCUT2D eigenvalue weighted by Crippen LogP contribution is 2.53. The van der Waals surface area contributed by atoms with Crippen LogP contribution in [0.15, 0.2) is 0 Å². The Labute approximate surface area is 89.8 Å². The zero-order chi connectivity index (χ0) is 11.1. The number of aldehydes is 1. The Kier molecular flexibility index (Phi) is 2.61. The van der Waals surface area contributed by atoms with Crippen LogP contribution >= 0.6 is 0 Å². The van der Waals surface area contributed by atoms with Crippen LogP contribution in [0, 0.1) is 5.41 Å². The van der Waals surface area contributed by atoms with Crippen LogP contribution in [0.1, 0.15) is 32.6 Å². The lowest BCUT2D eigenvalue weighted by atomic mass is 9.62. The van der Waals surface area contributed by atoms with Crippen LogP contribution in [0.5, 0.6) is 0 Å². The third-order valence-electron chi connectivity index (χ3n) is 4.23. The van der Waals surface area contributed by atoms with E-state index in [0.717, 1.165) is 25.5 Å². The molecule has 2 heterocycles. The number of rotatable bonds is 4. The van der Waals surface area contributed by atoms with Crippen LogP contribution in [-0.2, 0) is 9.53 Å².